The molecule has 0 saturated carbocycles. The van der Waals surface area contributed by atoms with Crippen LogP contribution in [-0.2, 0) is 6.18 Å². The van der Waals surface area contributed by atoms with Gasteiger partial charge in [-0.05, 0) is 18.6 Å². The first-order valence-corrected chi connectivity index (χ1v) is 6.21. The van der Waals surface area contributed by atoms with Gasteiger partial charge in [-0.25, -0.2) is 0 Å². The predicted molar refractivity (Wildman–Crippen MR) is 67.8 cm³/mol. The second-order valence-corrected chi connectivity index (χ2v) is 4.88. The topological polar surface area (TPSA) is 63.8 Å². The van der Waals surface area contributed by atoms with Crippen LogP contribution in [0.5, 0.6) is 0 Å². The Hall–Kier alpha value is -1.83. The van der Waals surface area contributed by atoms with Crippen molar-refractivity contribution in [1.82, 2.24) is 10.2 Å². The minimum atomic E-state index is -4.47. The van der Waals surface area contributed by atoms with Crippen molar-refractivity contribution in [2.75, 3.05) is 11.1 Å². The largest absolute Gasteiger partial charge is 0.445 e. The number of hydrogen-bond acceptors (Lipinski definition) is 5. The molecule has 0 aliphatic carbocycles. The molecule has 4 nitrogen and oxygen atoms in total. The van der Waals surface area contributed by atoms with Crippen molar-refractivity contribution in [3.63, 3.8) is 0 Å². The predicted octanol–water partition coefficient (Wildman–Crippen LogP) is 3.31. The Morgan fingerprint density at radius 2 is 1.95 bits per heavy atom. The van der Waals surface area contributed by atoms with Crippen LogP contribution in [0.25, 0.3) is 0 Å². The molecule has 1 heterocycles. The Balaban J connectivity index is 2.14. The molecule has 3 N–H and O–H groups in total. The molecule has 19 heavy (non-hydrogen) atoms. The van der Waals surface area contributed by atoms with E-state index in [1.54, 1.807) is 25.1 Å². The zero-order chi connectivity index (χ0) is 14.0. The van der Waals surface area contributed by atoms with Crippen molar-refractivity contribution >= 4 is 22.2 Å². The molecule has 1 aromatic carbocycles. The number of rotatable bonds is 3. The summed E-state index contributed by atoms with van der Waals surface area (Å²) < 4.78 is 37.2. The highest BCUT2D eigenvalue weighted by Crippen LogP contribution is 2.34. The van der Waals surface area contributed by atoms with Gasteiger partial charge in [0.2, 0.25) is 10.1 Å². The first-order chi connectivity index (χ1) is 8.88. The van der Waals surface area contributed by atoms with Gasteiger partial charge in [0.05, 0.1) is 6.04 Å². The van der Waals surface area contributed by atoms with Gasteiger partial charge in [-0.15, -0.1) is 10.2 Å². The summed E-state index contributed by atoms with van der Waals surface area (Å²) in [5.74, 6) is 0. The number of para-hydroxylation sites is 1. The summed E-state index contributed by atoms with van der Waals surface area (Å²) in [4.78, 5) is 0. The number of halogens is 3. The summed E-state index contributed by atoms with van der Waals surface area (Å²) in [6.07, 6.45) is -4.47. The minimum absolute atomic E-state index is 0.114. The molecule has 2 rings (SSSR count). The van der Waals surface area contributed by atoms with E-state index in [1.807, 2.05) is 6.07 Å². The molecular formula is C11H11F3N4S. The zero-order valence-corrected chi connectivity index (χ0v) is 10.7. The number of nitrogens with one attached hydrogen (secondary N) is 1. The molecular weight excluding hydrogens is 277 g/mol. The first kappa shape index (κ1) is 13.6. The lowest BCUT2D eigenvalue weighted by Crippen LogP contribution is -2.08. The van der Waals surface area contributed by atoms with Gasteiger partial charge in [0.15, 0.2) is 0 Å². The number of hydrogen-bond donors (Lipinski definition) is 2. The maximum absolute atomic E-state index is 12.4. The van der Waals surface area contributed by atoms with Gasteiger partial charge < -0.3 is 11.1 Å². The van der Waals surface area contributed by atoms with E-state index >= 15 is 0 Å². The van der Waals surface area contributed by atoms with Gasteiger partial charge in [0, 0.05) is 5.69 Å². The van der Waals surface area contributed by atoms with Crippen molar-refractivity contribution in [3.05, 3.63) is 34.8 Å². The van der Waals surface area contributed by atoms with Gasteiger partial charge in [0.25, 0.3) is 0 Å². The third kappa shape index (κ3) is 3.14. The maximum Gasteiger partial charge on any atom is 0.445 e. The number of aromatic nitrogens is 2. The van der Waals surface area contributed by atoms with Crippen LogP contribution < -0.4 is 11.1 Å². The summed E-state index contributed by atoms with van der Waals surface area (Å²) in [6, 6.07) is 6.88. The molecule has 0 bridgehead atoms. The highest BCUT2D eigenvalue weighted by molar-refractivity contribution is 7.15. The SMILES string of the molecule is CC(Nc1nnc(C(F)(F)F)s1)c1ccccc1N. The van der Waals surface area contributed by atoms with E-state index in [1.165, 1.54) is 0 Å². The normalized spacial score (nSPS) is 13.3. The Bertz CT molecular complexity index is 567. The second kappa shape index (κ2) is 5.04. The molecule has 1 atom stereocenters. The van der Waals surface area contributed by atoms with Crippen molar-refractivity contribution in [1.29, 1.82) is 0 Å². The van der Waals surface area contributed by atoms with Crippen molar-refractivity contribution in [3.8, 4) is 0 Å². The van der Waals surface area contributed by atoms with E-state index in [9.17, 15) is 13.2 Å². The molecule has 0 fully saturated rings. The number of anilines is 2. The van der Waals surface area contributed by atoms with Crippen LogP contribution >= 0.6 is 11.3 Å². The third-order valence-electron chi connectivity index (χ3n) is 2.47. The maximum atomic E-state index is 12.4. The van der Waals surface area contributed by atoms with Gasteiger partial charge in [-0.3, -0.25) is 0 Å². The molecule has 2 aromatic rings. The first-order valence-electron chi connectivity index (χ1n) is 5.39. The van der Waals surface area contributed by atoms with Crippen molar-refractivity contribution in [2.45, 2.75) is 19.1 Å². The average molecular weight is 288 g/mol. The Labute approximate surface area is 111 Å². The number of benzene rings is 1. The molecule has 0 saturated heterocycles. The standard InChI is InChI=1S/C11H11F3N4S/c1-6(7-4-2-3-5-8(7)15)16-10-18-17-9(19-10)11(12,13)14/h2-6H,15H2,1H3,(H,16,18). The molecule has 1 aromatic heterocycles. The second-order valence-electron chi connectivity index (χ2n) is 3.91. The molecule has 8 heteroatoms. The lowest BCUT2D eigenvalue weighted by molar-refractivity contribution is -0.138. The number of alkyl halides is 3. The lowest BCUT2D eigenvalue weighted by atomic mass is 10.1. The van der Waals surface area contributed by atoms with Crippen LogP contribution in [0.15, 0.2) is 24.3 Å². The van der Waals surface area contributed by atoms with Crippen LogP contribution in [0.4, 0.5) is 24.0 Å². The number of nitrogens with two attached hydrogens (primary N) is 1. The van der Waals surface area contributed by atoms with E-state index in [0.29, 0.717) is 17.0 Å². The summed E-state index contributed by atoms with van der Waals surface area (Å²) in [7, 11) is 0. The molecule has 102 valence electrons. The quantitative estimate of drug-likeness (QED) is 0.850. The highest BCUT2D eigenvalue weighted by atomic mass is 32.1. The molecule has 0 spiro atoms. The Morgan fingerprint density at radius 1 is 1.26 bits per heavy atom. The number of nitrogens with zero attached hydrogens (tertiary/aromatic N) is 2. The fourth-order valence-corrected chi connectivity index (χ4v) is 2.26. The van der Waals surface area contributed by atoms with Crippen molar-refractivity contribution < 1.29 is 13.2 Å². The molecule has 0 aliphatic rings. The van der Waals surface area contributed by atoms with E-state index in [2.05, 4.69) is 15.5 Å². The van der Waals surface area contributed by atoms with E-state index in [0.717, 1.165) is 5.56 Å². The van der Waals surface area contributed by atoms with Crippen LogP contribution in [0, 0.1) is 0 Å². The zero-order valence-electron chi connectivity index (χ0n) is 9.90. The molecule has 0 radical (unpaired) electrons. The lowest BCUT2D eigenvalue weighted by Gasteiger charge is -2.14. The summed E-state index contributed by atoms with van der Waals surface area (Å²) >= 11 is 0.470. The van der Waals surface area contributed by atoms with Crippen LogP contribution in [0.1, 0.15) is 23.5 Å². The van der Waals surface area contributed by atoms with E-state index < -0.39 is 11.2 Å². The minimum Gasteiger partial charge on any atom is -0.398 e. The fourth-order valence-electron chi connectivity index (χ4n) is 1.56. The van der Waals surface area contributed by atoms with E-state index in [-0.39, 0.29) is 11.2 Å². The fraction of sp³-hybridized carbons (Fsp3) is 0.273. The smallest absolute Gasteiger partial charge is 0.398 e. The number of nitrogen functional groups attached to an aromatic ring is 1. The van der Waals surface area contributed by atoms with Crippen LogP contribution in [-0.4, -0.2) is 10.2 Å². The molecule has 0 aliphatic heterocycles. The monoisotopic (exact) mass is 288 g/mol. The third-order valence-corrected chi connectivity index (χ3v) is 3.37. The summed E-state index contributed by atoms with van der Waals surface area (Å²) in [5.41, 5.74) is 7.17. The molecule has 1 unspecified atom stereocenters. The van der Waals surface area contributed by atoms with Crippen LogP contribution in [0.3, 0.4) is 0 Å². The summed E-state index contributed by atoms with van der Waals surface area (Å²) in [5, 5.41) is 8.58. The van der Waals surface area contributed by atoms with Gasteiger partial charge in [0.1, 0.15) is 0 Å². The van der Waals surface area contributed by atoms with Gasteiger partial charge in [-0.1, -0.05) is 29.5 Å². The van der Waals surface area contributed by atoms with Crippen molar-refractivity contribution in [2.24, 2.45) is 0 Å². The summed E-state index contributed by atoms with van der Waals surface area (Å²) in [6.45, 7) is 1.79. The van der Waals surface area contributed by atoms with Gasteiger partial charge in [-0.2, -0.15) is 13.2 Å². The van der Waals surface area contributed by atoms with E-state index in [4.69, 9.17) is 5.73 Å². The molecule has 0 amide bonds. The Morgan fingerprint density at radius 3 is 2.53 bits per heavy atom. The average Bonchev–Trinajstić information content (AvgIpc) is 2.77. The van der Waals surface area contributed by atoms with Gasteiger partial charge >= 0.3 is 6.18 Å². The van der Waals surface area contributed by atoms with Crippen LogP contribution in [0.2, 0.25) is 0 Å². The highest BCUT2D eigenvalue weighted by Gasteiger charge is 2.35. The Kier molecular flexibility index (Phi) is 3.61.